The van der Waals surface area contributed by atoms with Gasteiger partial charge in [0.1, 0.15) is 6.33 Å². The van der Waals surface area contributed by atoms with Crippen molar-refractivity contribution in [3.05, 3.63) is 72.1 Å². The van der Waals surface area contributed by atoms with E-state index in [1.54, 1.807) is 11.0 Å². The quantitative estimate of drug-likeness (QED) is 0.611. The lowest BCUT2D eigenvalue weighted by molar-refractivity contribution is -0.134. The summed E-state index contributed by atoms with van der Waals surface area (Å²) >= 11 is 0. The third-order valence-corrected chi connectivity index (χ3v) is 2.65. The van der Waals surface area contributed by atoms with Crippen LogP contribution in [0.4, 0.5) is 0 Å². The fourth-order valence-electron chi connectivity index (χ4n) is 1.63. The Hall–Kier alpha value is -3.06. The van der Waals surface area contributed by atoms with Crippen LogP contribution >= 0.6 is 0 Å². The van der Waals surface area contributed by atoms with Crippen LogP contribution in [0.3, 0.4) is 0 Å². The number of carboxylic acid groups (broad SMARTS) is 1. The summed E-state index contributed by atoms with van der Waals surface area (Å²) in [6.45, 7) is 13.2. The van der Waals surface area contributed by atoms with Gasteiger partial charge in [-0.25, -0.2) is 4.68 Å². The Balaban J connectivity index is -0.000000342. The van der Waals surface area contributed by atoms with Gasteiger partial charge in [-0.15, -0.1) is 5.10 Å². The maximum absolute atomic E-state index is 9.00. The number of nitrogens with two attached hydrogens (primary N) is 1. The SMILES string of the molecule is CC.CC.CC(=O)O.CN.Cc1ccccc1.Cc1ccccc1-n1cnnn1. The highest BCUT2D eigenvalue weighted by molar-refractivity contribution is 5.62. The zero-order valence-electron chi connectivity index (χ0n) is 19.0. The second-order valence-electron chi connectivity index (χ2n) is 4.71. The Bertz CT molecular complexity index is 698. The van der Waals surface area contributed by atoms with E-state index in [1.165, 1.54) is 12.6 Å². The number of hydrogen-bond acceptors (Lipinski definition) is 5. The lowest BCUT2D eigenvalue weighted by Gasteiger charge is -2.01. The van der Waals surface area contributed by atoms with Gasteiger partial charge in [-0.2, -0.15) is 0 Å². The van der Waals surface area contributed by atoms with Crippen molar-refractivity contribution in [2.24, 2.45) is 5.73 Å². The van der Waals surface area contributed by atoms with Crippen molar-refractivity contribution in [1.29, 1.82) is 0 Å². The van der Waals surface area contributed by atoms with Crippen LogP contribution in [0.15, 0.2) is 60.9 Å². The standard InChI is InChI=1S/C8H8N4.C7H8.C2H4O2.2C2H6.CH5N/c1-7-4-2-3-5-8(7)12-6-9-10-11-12;1-7-5-3-2-4-6-7;1-2(3)4;3*1-2/h2-6H,1H3;2-6H,1H3;1H3,(H,3,4);2*1-2H3;2H2,1H3. The van der Waals surface area contributed by atoms with Gasteiger partial charge in [-0.1, -0.05) is 81.8 Å². The summed E-state index contributed by atoms with van der Waals surface area (Å²) in [5.41, 5.74) is 8.00. The molecule has 0 amide bonds. The molecule has 7 heteroatoms. The molecule has 0 saturated heterocycles. The minimum Gasteiger partial charge on any atom is -0.481 e. The summed E-state index contributed by atoms with van der Waals surface area (Å²) in [6.07, 6.45) is 1.59. The number of rotatable bonds is 1. The van der Waals surface area contributed by atoms with Gasteiger partial charge in [0.05, 0.1) is 5.69 Å². The number of carboxylic acids is 1. The molecule has 3 N–H and O–H groups in total. The number of nitrogens with zero attached hydrogens (tertiary/aromatic N) is 4. The molecule has 0 unspecified atom stereocenters. The summed E-state index contributed by atoms with van der Waals surface area (Å²) in [5.74, 6) is -0.833. The van der Waals surface area contributed by atoms with Crippen molar-refractivity contribution < 1.29 is 9.90 Å². The van der Waals surface area contributed by atoms with Crippen molar-refractivity contribution >= 4 is 5.97 Å². The van der Waals surface area contributed by atoms with Crippen molar-refractivity contribution in [2.75, 3.05) is 7.05 Å². The zero-order valence-corrected chi connectivity index (χ0v) is 19.0. The van der Waals surface area contributed by atoms with Crippen LogP contribution in [-0.2, 0) is 4.79 Å². The summed E-state index contributed by atoms with van der Waals surface area (Å²) in [7, 11) is 1.50. The summed E-state index contributed by atoms with van der Waals surface area (Å²) < 4.78 is 1.65. The third kappa shape index (κ3) is 18.1. The van der Waals surface area contributed by atoms with E-state index >= 15 is 0 Å². The Morgan fingerprint density at radius 1 is 0.897 bits per heavy atom. The molecule has 29 heavy (non-hydrogen) atoms. The van der Waals surface area contributed by atoms with Crippen LogP contribution in [0, 0.1) is 13.8 Å². The average molecular weight is 404 g/mol. The van der Waals surface area contributed by atoms with E-state index < -0.39 is 5.97 Å². The Morgan fingerprint density at radius 2 is 1.34 bits per heavy atom. The van der Waals surface area contributed by atoms with E-state index in [9.17, 15) is 0 Å². The van der Waals surface area contributed by atoms with Crippen LogP contribution < -0.4 is 5.73 Å². The van der Waals surface area contributed by atoms with Crippen LogP contribution in [0.5, 0.6) is 0 Å². The van der Waals surface area contributed by atoms with Crippen LogP contribution in [-0.4, -0.2) is 38.3 Å². The Labute approximate surface area is 175 Å². The lowest BCUT2D eigenvalue weighted by Crippen LogP contribution is -1.96. The number of benzene rings is 2. The molecule has 3 aromatic rings. The van der Waals surface area contributed by atoms with Gasteiger partial charge in [0.2, 0.25) is 0 Å². The lowest BCUT2D eigenvalue weighted by atomic mass is 10.2. The fraction of sp³-hybridized carbons (Fsp3) is 0.364. The van der Waals surface area contributed by atoms with Gasteiger partial charge in [-0.05, 0) is 43.0 Å². The number of aryl methyl sites for hydroxylation is 2. The number of para-hydroxylation sites is 1. The fourth-order valence-corrected chi connectivity index (χ4v) is 1.63. The largest absolute Gasteiger partial charge is 0.481 e. The van der Waals surface area contributed by atoms with Gasteiger partial charge < -0.3 is 10.8 Å². The van der Waals surface area contributed by atoms with Crippen LogP contribution in [0.2, 0.25) is 0 Å². The normalized spacial score (nSPS) is 7.76. The van der Waals surface area contributed by atoms with Gasteiger partial charge >= 0.3 is 0 Å². The molecule has 0 aliphatic carbocycles. The first-order chi connectivity index (χ1) is 14.0. The molecule has 2 aromatic carbocycles. The molecular weight excluding hydrogens is 366 g/mol. The maximum atomic E-state index is 9.00. The molecule has 0 saturated carbocycles. The van der Waals surface area contributed by atoms with Gasteiger partial charge in [0.15, 0.2) is 0 Å². The van der Waals surface area contributed by atoms with Gasteiger partial charge in [0.25, 0.3) is 5.97 Å². The van der Waals surface area contributed by atoms with E-state index in [0.29, 0.717) is 0 Å². The molecule has 1 heterocycles. The monoisotopic (exact) mass is 403 g/mol. The minimum absolute atomic E-state index is 0.833. The first-order valence-electron chi connectivity index (χ1n) is 9.58. The first kappa shape index (κ1) is 30.7. The molecule has 0 atom stereocenters. The number of tetrazole rings is 1. The van der Waals surface area contributed by atoms with E-state index in [0.717, 1.165) is 18.2 Å². The van der Waals surface area contributed by atoms with Crippen LogP contribution in [0.1, 0.15) is 45.7 Å². The predicted molar refractivity (Wildman–Crippen MR) is 121 cm³/mol. The van der Waals surface area contributed by atoms with E-state index in [-0.39, 0.29) is 0 Å². The Kier molecular flexibility index (Phi) is 24.3. The number of aliphatic carboxylic acids is 1. The van der Waals surface area contributed by atoms with E-state index in [2.05, 4.69) is 40.3 Å². The van der Waals surface area contributed by atoms with E-state index in [1.807, 2.05) is 77.1 Å². The molecule has 0 bridgehead atoms. The molecule has 3 rings (SSSR count). The number of carbonyl (C=O) groups is 1. The highest BCUT2D eigenvalue weighted by Gasteiger charge is 1.98. The van der Waals surface area contributed by atoms with Crippen molar-refractivity contribution in [1.82, 2.24) is 20.2 Å². The summed E-state index contributed by atoms with van der Waals surface area (Å²) in [4.78, 5) is 9.00. The molecule has 0 aliphatic rings. The molecule has 0 radical (unpaired) electrons. The van der Waals surface area contributed by atoms with E-state index in [4.69, 9.17) is 9.90 Å². The molecule has 0 spiro atoms. The molecular formula is C22H37N5O2. The third-order valence-electron chi connectivity index (χ3n) is 2.65. The van der Waals surface area contributed by atoms with Gasteiger partial charge in [0, 0.05) is 6.92 Å². The first-order valence-corrected chi connectivity index (χ1v) is 9.58. The minimum atomic E-state index is -0.833. The topological polar surface area (TPSA) is 107 Å². The van der Waals surface area contributed by atoms with Crippen molar-refractivity contribution in [3.8, 4) is 5.69 Å². The second kappa shape index (κ2) is 23.0. The zero-order chi connectivity index (χ0) is 23.1. The predicted octanol–water partition coefficient (Wildman–Crippen LogP) is 4.68. The molecule has 0 fully saturated rings. The highest BCUT2D eigenvalue weighted by Crippen LogP contribution is 2.09. The highest BCUT2D eigenvalue weighted by atomic mass is 16.4. The van der Waals surface area contributed by atoms with Crippen molar-refractivity contribution in [2.45, 2.75) is 48.5 Å². The number of aromatic nitrogens is 4. The average Bonchev–Trinajstić information content (AvgIpc) is 3.28. The van der Waals surface area contributed by atoms with Crippen molar-refractivity contribution in [3.63, 3.8) is 0 Å². The smallest absolute Gasteiger partial charge is 0.300 e. The summed E-state index contributed by atoms with van der Waals surface area (Å²) in [6, 6.07) is 18.2. The molecule has 1 aromatic heterocycles. The summed E-state index contributed by atoms with van der Waals surface area (Å²) in [5, 5.41) is 18.4. The molecule has 0 aliphatic heterocycles. The Morgan fingerprint density at radius 3 is 1.69 bits per heavy atom. The van der Waals surface area contributed by atoms with Gasteiger partial charge in [-0.3, -0.25) is 4.79 Å². The number of hydrogen-bond donors (Lipinski definition) is 2. The second-order valence-corrected chi connectivity index (χ2v) is 4.71. The molecule has 7 nitrogen and oxygen atoms in total. The maximum Gasteiger partial charge on any atom is 0.300 e. The van der Waals surface area contributed by atoms with Crippen LogP contribution in [0.25, 0.3) is 5.69 Å². The molecule has 162 valence electrons.